The Hall–Kier alpha value is -3.68. The molecule has 0 bridgehead atoms. The van der Waals surface area contributed by atoms with Crippen LogP contribution in [0.1, 0.15) is 18.9 Å². The molecule has 3 amide bonds. The lowest BCUT2D eigenvalue weighted by Gasteiger charge is -2.21. The Bertz CT molecular complexity index is 920. The minimum absolute atomic E-state index is 0.0329. The Morgan fingerprint density at radius 1 is 0.964 bits per heavy atom. The Morgan fingerprint density at radius 3 is 2.14 bits per heavy atom. The van der Waals surface area contributed by atoms with E-state index in [1.807, 2.05) is 31.2 Å². The van der Waals surface area contributed by atoms with Gasteiger partial charge in [-0.2, -0.15) is 0 Å². The van der Waals surface area contributed by atoms with Crippen LogP contribution in [0.5, 0.6) is 0 Å². The van der Waals surface area contributed by atoms with Gasteiger partial charge in [0, 0.05) is 24.0 Å². The number of anilines is 3. The van der Waals surface area contributed by atoms with E-state index < -0.39 is 6.04 Å². The van der Waals surface area contributed by atoms with E-state index in [9.17, 15) is 14.4 Å². The highest BCUT2D eigenvalue weighted by Gasteiger charge is 2.27. The Kier molecular flexibility index (Phi) is 5.69. The third kappa shape index (κ3) is 5.16. The molecule has 4 N–H and O–H groups in total. The molecule has 0 fully saturated rings. The SMILES string of the molecule is CC(=O)Nc1ccc(NC(=O)[C@H]2CC(=O)NC(Nc3ccc(C)cc3)=N2)cc1. The zero-order valence-electron chi connectivity index (χ0n) is 15.6. The fourth-order valence-electron chi connectivity index (χ4n) is 2.65. The average molecular weight is 379 g/mol. The summed E-state index contributed by atoms with van der Waals surface area (Å²) in [6.45, 7) is 3.40. The van der Waals surface area contributed by atoms with Crippen molar-refractivity contribution in [3.05, 3.63) is 54.1 Å². The smallest absolute Gasteiger partial charge is 0.249 e. The molecule has 8 heteroatoms. The standard InChI is InChI=1S/C20H21N5O3/c1-12-3-5-16(6-4-12)23-20-24-17(11-18(27)25-20)19(28)22-15-9-7-14(8-10-15)21-13(2)26/h3-10,17H,11H2,1-2H3,(H,21,26)(H,22,28)(H2,23,24,25,27)/t17-/m1/s1. The van der Waals surface area contributed by atoms with E-state index in [0.717, 1.165) is 11.3 Å². The van der Waals surface area contributed by atoms with Crippen LogP contribution >= 0.6 is 0 Å². The van der Waals surface area contributed by atoms with Crippen molar-refractivity contribution in [2.24, 2.45) is 4.99 Å². The van der Waals surface area contributed by atoms with E-state index in [0.29, 0.717) is 11.4 Å². The minimum Gasteiger partial charge on any atom is -0.326 e. The monoisotopic (exact) mass is 379 g/mol. The number of carbonyl (C=O) groups is 3. The fourth-order valence-corrected chi connectivity index (χ4v) is 2.65. The van der Waals surface area contributed by atoms with E-state index in [1.165, 1.54) is 6.92 Å². The van der Waals surface area contributed by atoms with E-state index in [2.05, 4.69) is 26.3 Å². The molecule has 1 aliphatic heterocycles. The van der Waals surface area contributed by atoms with Gasteiger partial charge in [0.25, 0.3) is 0 Å². The van der Waals surface area contributed by atoms with Crippen molar-refractivity contribution >= 4 is 40.7 Å². The molecule has 0 unspecified atom stereocenters. The maximum atomic E-state index is 12.5. The van der Waals surface area contributed by atoms with Gasteiger partial charge < -0.3 is 16.0 Å². The molecule has 8 nitrogen and oxygen atoms in total. The summed E-state index contributed by atoms with van der Waals surface area (Å²) < 4.78 is 0. The first-order valence-corrected chi connectivity index (χ1v) is 8.79. The van der Waals surface area contributed by atoms with Crippen molar-refractivity contribution in [1.29, 1.82) is 0 Å². The number of aliphatic imine (C=N–C) groups is 1. The van der Waals surface area contributed by atoms with Crippen LogP contribution in [0.2, 0.25) is 0 Å². The average Bonchev–Trinajstić information content (AvgIpc) is 2.64. The number of benzene rings is 2. The maximum absolute atomic E-state index is 12.5. The second kappa shape index (κ2) is 8.34. The number of rotatable bonds is 4. The summed E-state index contributed by atoms with van der Waals surface area (Å²) in [5.74, 6) is -0.606. The lowest BCUT2D eigenvalue weighted by molar-refractivity contribution is -0.124. The number of amides is 3. The van der Waals surface area contributed by atoms with Crippen molar-refractivity contribution in [2.75, 3.05) is 16.0 Å². The van der Waals surface area contributed by atoms with E-state index in [1.54, 1.807) is 24.3 Å². The van der Waals surface area contributed by atoms with Gasteiger partial charge in [-0.25, -0.2) is 4.99 Å². The first-order chi connectivity index (χ1) is 13.4. The molecule has 2 aromatic carbocycles. The Labute approximate surface area is 162 Å². The molecule has 0 radical (unpaired) electrons. The van der Waals surface area contributed by atoms with Crippen LogP contribution in [-0.4, -0.2) is 29.7 Å². The predicted octanol–water partition coefficient (Wildman–Crippen LogP) is 2.25. The highest BCUT2D eigenvalue weighted by atomic mass is 16.2. The van der Waals surface area contributed by atoms with Crippen molar-refractivity contribution in [3.8, 4) is 0 Å². The number of hydrogen-bond donors (Lipinski definition) is 4. The number of hydrogen-bond acceptors (Lipinski definition) is 5. The fraction of sp³-hybridized carbons (Fsp3) is 0.200. The third-order valence-electron chi connectivity index (χ3n) is 4.01. The minimum atomic E-state index is -0.836. The summed E-state index contributed by atoms with van der Waals surface area (Å²) in [6.07, 6.45) is -0.0329. The molecule has 0 saturated heterocycles. The molecule has 0 aliphatic carbocycles. The Balaban J connectivity index is 1.67. The van der Waals surface area contributed by atoms with Gasteiger partial charge in [0.15, 0.2) is 0 Å². The van der Waals surface area contributed by atoms with Crippen molar-refractivity contribution < 1.29 is 14.4 Å². The molecule has 1 aliphatic rings. The van der Waals surface area contributed by atoms with Crippen LogP contribution < -0.4 is 21.3 Å². The molecule has 1 heterocycles. The summed E-state index contributed by atoms with van der Waals surface area (Å²) in [7, 11) is 0. The first kappa shape index (κ1) is 19.1. The second-order valence-corrected chi connectivity index (χ2v) is 6.48. The van der Waals surface area contributed by atoms with E-state index in [4.69, 9.17) is 0 Å². The zero-order valence-corrected chi connectivity index (χ0v) is 15.6. The van der Waals surface area contributed by atoms with Gasteiger partial charge in [0.1, 0.15) is 6.04 Å². The van der Waals surface area contributed by atoms with Crippen LogP contribution in [0, 0.1) is 6.92 Å². The second-order valence-electron chi connectivity index (χ2n) is 6.48. The predicted molar refractivity (Wildman–Crippen MR) is 108 cm³/mol. The van der Waals surface area contributed by atoms with Crippen LogP contribution in [0.3, 0.4) is 0 Å². The van der Waals surface area contributed by atoms with Gasteiger partial charge in [-0.3, -0.25) is 19.7 Å². The van der Waals surface area contributed by atoms with E-state index >= 15 is 0 Å². The first-order valence-electron chi connectivity index (χ1n) is 8.79. The summed E-state index contributed by atoms with van der Waals surface area (Å²) in [5.41, 5.74) is 3.06. The Morgan fingerprint density at radius 2 is 1.54 bits per heavy atom. The number of aryl methyl sites for hydroxylation is 1. The van der Waals surface area contributed by atoms with Gasteiger partial charge in [0.05, 0.1) is 6.42 Å². The summed E-state index contributed by atoms with van der Waals surface area (Å²) in [6, 6.07) is 13.5. The van der Waals surface area contributed by atoms with Gasteiger partial charge in [-0.1, -0.05) is 17.7 Å². The van der Waals surface area contributed by atoms with Gasteiger partial charge in [0.2, 0.25) is 23.7 Å². The highest BCUT2D eigenvalue weighted by Crippen LogP contribution is 2.16. The lowest BCUT2D eigenvalue weighted by atomic mass is 10.1. The van der Waals surface area contributed by atoms with Crippen LogP contribution in [0.15, 0.2) is 53.5 Å². The number of nitrogens with one attached hydrogen (secondary N) is 4. The normalized spacial score (nSPS) is 15.9. The molecular weight excluding hydrogens is 358 g/mol. The van der Waals surface area contributed by atoms with Crippen LogP contribution in [-0.2, 0) is 14.4 Å². The van der Waals surface area contributed by atoms with Crippen LogP contribution in [0.4, 0.5) is 17.1 Å². The van der Waals surface area contributed by atoms with Gasteiger partial charge >= 0.3 is 0 Å². The van der Waals surface area contributed by atoms with Gasteiger partial charge in [-0.15, -0.1) is 0 Å². The molecule has 0 saturated carbocycles. The molecular formula is C20H21N5O3. The molecule has 1 atom stereocenters. The highest BCUT2D eigenvalue weighted by molar-refractivity contribution is 6.10. The number of nitrogens with zero attached hydrogens (tertiary/aromatic N) is 1. The van der Waals surface area contributed by atoms with Crippen molar-refractivity contribution in [3.63, 3.8) is 0 Å². The largest absolute Gasteiger partial charge is 0.326 e. The number of guanidine groups is 1. The maximum Gasteiger partial charge on any atom is 0.249 e. The van der Waals surface area contributed by atoms with Gasteiger partial charge in [-0.05, 0) is 43.3 Å². The lowest BCUT2D eigenvalue weighted by Crippen LogP contribution is -2.45. The summed E-state index contributed by atoms with van der Waals surface area (Å²) >= 11 is 0. The number of carbonyl (C=O) groups excluding carboxylic acids is 3. The third-order valence-corrected chi connectivity index (χ3v) is 4.01. The zero-order chi connectivity index (χ0) is 20.1. The topological polar surface area (TPSA) is 112 Å². The molecule has 144 valence electrons. The van der Waals surface area contributed by atoms with Crippen molar-refractivity contribution in [2.45, 2.75) is 26.3 Å². The molecule has 3 rings (SSSR count). The quantitative estimate of drug-likeness (QED) is 0.653. The van der Waals surface area contributed by atoms with Crippen LogP contribution in [0.25, 0.3) is 0 Å². The summed E-state index contributed by atoms with van der Waals surface area (Å²) in [4.78, 5) is 39.9. The summed E-state index contributed by atoms with van der Waals surface area (Å²) in [5, 5.41) is 11.0. The molecule has 0 aromatic heterocycles. The molecule has 0 spiro atoms. The molecule has 28 heavy (non-hydrogen) atoms. The molecule has 2 aromatic rings. The van der Waals surface area contributed by atoms with Crippen molar-refractivity contribution in [1.82, 2.24) is 5.32 Å². The van der Waals surface area contributed by atoms with E-state index in [-0.39, 0.29) is 30.1 Å².